The molecule has 0 bridgehead atoms. The quantitative estimate of drug-likeness (QED) is 0.229. The average Bonchev–Trinajstić information content (AvgIpc) is 3.44. The molecule has 0 radical (unpaired) electrons. The van der Waals surface area contributed by atoms with Gasteiger partial charge in [0.25, 0.3) is 0 Å². The molecule has 5 heterocycles. The summed E-state index contributed by atoms with van der Waals surface area (Å²) < 4.78 is 56.2. The van der Waals surface area contributed by atoms with Gasteiger partial charge in [0, 0.05) is 35.5 Å². The number of nitrogens with zero attached hydrogens (tertiary/aromatic N) is 5. The van der Waals surface area contributed by atoms with E-state index in [0.29, 0.717) is 48.9 Å². The summed E-state index contributed by atoms with van der Waals surface area (Å²) in [5, 5.41) is 22.7. The molecule has 1 unspecified atom stereocenters. The van der Waals surface area contributed by atoms with E-state index in [0.717, 1.165) is 58.4 Å². The third-order valence-electron chi connectivity index (χ3n) is 12.6. The Kier molecular flexibility index (Phi) is 8.80. The predicted molar refractivity (Wildman–Crippen MR) is 198 cm³/mol. The van der Waals surface area contributed by atoms with E-state index in [2.05, 4.69) is 15.8 Å². The molecular weight excluding hydrogens is 696 g/mol. The van der Waals surface area contributed by atoms with Gasteiger partial charge in [0.15, 0.2) is 5.82 Å². The Balaban J connectivity index is 1.15. The van der Waals surface area contributed by atoms with Crippen molar-refractivity contribution >= 4 is 27.5 Å². The lowest BCUT2D eigenvalue weighted by atomic mass is 9.75. The summed E-state index contributed by atoms with van der Waals surface area (Å²) in [6.45, 7) is 6.84. The molecule has 2 N–H and O–H groups in total. The summed E-state index contributed by atoms with van der Waals surface area (Å²) in [5.41, 5.74) is -1.72. The normalized spacial score (nSPS) is 29.5. The molecule has 0 amide bonds. The van der Waals surface area contributed by atoms with E-state index in [1.807, 2.05) is 4.90 Å². The number of methoxy groups -OCH3 is 1. The fraction of sp³-hybridized carbons (Fsp3) is 0.537. The molecule has 2 aromatic heterocycles. The van der Waals surface area contributed by atoms with Crippen LogP contribution in [-0.2, 0) is 9.47 Å². The average molecular weight is 742 g/mol. The van der Waals surface area contributed by atoms with Crippen LogP contribution < -0.4 is 14.4 Å². The van der Waals surface area contributed by atoms with Crippen molar-refractivity contribution in [3.63, 3.8) is 0 Å². The molecule has 6 atom stereocenters. The fourth-order valence-electron chi connectivity index (χ4n) is 10.00. The molecule has 3 saturated heterocycles. The molecule has 13 heteroatoms. The Labute approximate surface area is 312 Å². The number of aromatic hydroxyl groups is 1. The van der Waals surface area contributed by atoms with Gasteiger partial charge in [-0.25, -0.2) is 13.8 Å². The summed E-state index contributed by atoms with van der Waals surface area (Å²) in [4.78, 5) is 18.7. The number of rotatable bonds is 8. The number of fused-ring (bicyclic) bond motifs is 4. The monoisotopic (exact) mass is 741 g/mol. The van der Waals surface area contributed by atoms with Crippen molar-refractivity contribution in [2.75, 3.05) is 71.2 Å². The maximum atomic E-state index is 17.3. The number of aliphatic hydroxyl groups is 1. The van der Waals surface area contributed by atoms with Crippen molar-refractivity contribution in [3.05, 3.63) is 41.5 Å². The summed E-state index contributed by atoms with van der Waals surface area (Å²) >= 11 is 0. The summed E-state index contributed by atoms with van der Waals surface area (Å²) in [7, 11) is 1.41. The molecular formula is C41H45F2N5O6. The van der Waals surface area contributed by atoms with E-state index in [1.54, 1.807) is 6.92 Å². The minimum atomic E-state index is -1.24. The maximum Gasteiger partial charge on any atom is 0.319 e. The number of ether oxygens (including phenoxy) is 4. The molecule has 9 rings (SSSR count). The molecule has 2 aliphatic carbocycles. The summed E-state index contributed by atoms with van der Waals surface area (Å²) in [6.07, 6.45) is 11.1. The van der Waals surface area contributed by atoms with E-state index in [9.17, 15) is 10.2 Å². The number of hydrogen-bond acceptors (Lipinski definition) is 11. The third-order valence-corrected chi connectivity index (χ3v) is 12.6. The second kappa shape index (κ2) is 13.4. The number of β-amino-alcohol motifs (C(OH)–C–C–N with tert-alkyl or cyclic N) is 1. The molecule has 5 aliphatic rings. The standard InChI is InChI=1S/C41H45F2N5O6/c1-4-25-30(42)9-8-23-15-24(49)16-26(32(23)25)35-34(43)36-33(38(44-35)51-3)37(48-13-14-52-21-40(2,50)20-48)46-39(45-36)54-22-41-10-5-7-31(41)47(12-6-11-41)17-27-28-18-53-19-29(27)28/h1,8-9,15-16,27-29,31,49-50H,5-7,10-14,17-22H2,2-3H3/t27?,28-,29+,31-,40+,41-/m1/s1. The Bertz CT molecular complexity index is 2170. The molecule has 4 aromatic rings. The largest absolute Gasteiger partial charge is 0.508 e. The van der Waals surface area contributed by atoms with Crippen LogP contribution in [0.25, 0.3) is 32.9 Å². The first-order valence-electron chi connectivity index (χ1n) is 19.0. The smallest absolute Gasteiger partial charge is 0.319 e. The molecule has 284 valence electrons. The second-order valence-electron chi connectivity index (χ2n) is 16.2. The van der Waals surface area contributed by atoms with Crippen LogP contribution >= 0.6 is 0 Å². The van der Waals surface area contributed by atoms with Crippen molar-refractivity contribution in [2.24, 2.45) is 23.2 Å². The van der Waals surface area contributed by atoms with Crippen LogP contribution in [0.2, 0.25) is 0 Å². The molecule has 2 saturated carbocycles. The lowest BCUT2D eigenvalue weighted by molar-refractivity contribution is -0.0123. The lowest BCUT2D eigenvalue weighted by Gasteiger charge is -2.46. The highest BCUT2D eigenvalue weighted by Gasteiger charge is 2.56. The second-order valence-corrected chi connectivity index (χ2v) is 16.2. The number of terminal acetylenes is 1. The van der Waals surface area contributed by atoms with Gasteiger partial charge in [-0.1, -0.05) is 18.4 Å². The van der Waals surface area contributed by atoms with Gasteiger partial charge in [0.2, 0.25) is 5.88 Å². The number of anilines is 1. The van der Waals surface area contributed by atoms with Gasteiger partial charge >= 0.3 is 6.01 Å². The topological polar surface area (TPSA) is 123 Å². The lowest BCUT2D eigenvalue weighted by Crippen LogP contribution is -2.52. The summed E-state index contributed by atoms with van der Waals surface area (Å²) in [6, 6.07) is 5.78. The Morgan fingerprint density at radius 1 is 1.06 bits per heavy atom. The van der Waals surface area contributed by atoms with Gasteiger partial charge in [-0.2, -0.15) is 9.97 Å². The molecule has 54 heavy (non-hydrogen) atoms. The van der Waals surface area contributed by atoms with Crippen LogP contribution in [0.3, 0.4) is 0 Å². The van der Waals surface area contributed by atoms with Crippen molar-refractivity contribution < 1.29 is 37.9 Å². The first-order valence-corrected chi connectivity index (χ1v) is 19.0. The fourth-order valence-corrected chi connectivity index (χ4v) is 10.00. The molecule has 3 aliphatic heterocycles. The van der Waals surface area contributed by atoms with E-state index in [-0.39, 0.29) is 75.1 Å². The number of halogens is 2. The first kappa shape index (κ1) is 35.4. The van der Waals surface area contributed by atoms with Crippen LogP contribution in [0.5, 0.6) is 17.6 Å². The van der Waals surface area contributed by atoms with Crippen LogP contribution in [0.1, 0.15) is 44.6 Å². The zero-order valence-electron chi connectivity index (χ0n) is 30.6. The van der Waals surface area contributed by atoms with E-state index in [1.165, 1.54) is 31.4 Å². The van der Waals surface area contributed by atoms with Crippen molar-refractivity contribution in [2.45, 2.75) is 50.7 Å². The van der Waals surface area contributed by atoms with Crippen molar-refractivity contribution in [1.82, 2.24) is 19.9 Å². The molecule has 2 aromatic carbocycles. The van der Waals surface area contributed by atoms with Gasteiger partial charge in [-0.15, -0.1) is 6.42 Å². The van der Waals surface area contributed by atoms with Crippen molar-refractivity contribution in [1.29, 1.82) is 0 Å². The highest BCUT2D eigenvalue weighted by Crippen LogP contribution is 2.54. The van der Waals surface area contributed by atoms with Crippen LogP contribution in [0.15, 0.2) is 24.3 Å². The SMILES string of the molecule is C#Cc1c(F)ccc2cc(O)cc(-c3nc(OC)c4c(N5CCOC[C@@](C)(O)C5)nc(OC[C@]56CCC[C@H]5N(CC5[C@H]7COC[C@@H]57)CCC6)nc4c3F)c12. The van der Waals surface area contributed by atoms with Crippen LogP contribution in [-0.4, -0.2) is 108 Å². The third kappa shape index (κ3) is 5.98. The zero-order chi connectivity index (χ0) is 37.4. The number of phenols is 1. The number of hydrogen-bond donors (Lipinski definition) is 2. The summed E-state index contributed by atoms with van der Waals surface area (Å²) in [5.74, 6) is 3.04. The number of benzene rings is 2. The van der Waals surface area contributed by atoms with Gasteiger partial charge in [-0.05, 0) is 80.5 Å². The van der Waals surface area contributed by atoms with E-state index >= 15 is 8.78 Å². The van der Waals surface area contributed by atoms with Gasteiger partial charge in [0.1, 0.15) is 39.6 Å². The maximum absolute atomic E-state index is 17.3. The van der Waals surface area contributed by atoms with Gasteiger partial charge < -0.3 is 34.1 Å². The Morgan fingerprint density at radius 2 is 1.87 bits per heavy atom. The zero-order valence-corrected chi connectivity index (χ0v) is 30.6. The van der Waals surface area contributed by atoms with E-state index < -0.39 is 17.2 Å². The minimum absolute atomic E-state index is 0.00414. The predicted octanol–water partition coefficient (Wildman–Crippen LogP) is 5.31. The number of phenolic OH excluding ortho intramolecular Hbond substituents is 1. The highest BCUT2D eigenvalue weighted by atomic mass is 19.1. The number of pyridine rings is 1. The number of likely N-dealkylation sites (tertiary alicyclic amines) is 1. The van der Waals surface area contributed by atoms with E-state index in [4.69, 9.17) is 35.3 Å². The number of aromatic nitrogens is 3. The Hall–Kier alpha value is -4.35. The number of piperidine rings is 1. The molecule has 0 spiro atoms. The molecule has 11 nitrogen and oxygen atoms in total. The van der Waals surface area contributed by atoms with Gasteiger partial charge in [0.05, 0.1) is 52.3 Å². The van der Waals surface area contributed by atoms with Crippen LogP contribution in [0.4, 0.5) is 14.6 Å². The van der Waals surface area contributed by atoms with Crippen molar-refractivity contribution in [3.8, 4) is 41.2 Å². The molecule has 5 fully saturated rings. The van der Waals surface area contributed by atoms with Gasteiger partial charge in [-0.3, -0.25) is 4.90 Å². The van der Waals surface area contributed by atoms with Crippen LogP contribution in [0, 0.1) is 47.1 Å². The first-order chi connectivity index (χ1) is 26.1. The Morgan fingerprint density at radius 3 is 2.67 bits per heavy atom. The minimum Gasteiger partial charge on any atom is -0.508 e. The highest BCUT2D eigenvalue weighted by molar-refractivity contribution is 6.04.